The van der Waals surface area contributed by atoms with Gasteiger partial charge in [0.1, 0.15) is 5.75 Å². The summed E-state index contributed by atoms with van der Waals surface area (Å²) in [5.41, 5.74) is 7.66. The van der Waals surface area contributed by atoms with Crippen molar-refractivity contribution in [2.75, 3.05) is 20.8 Å². The van der Waals surface area contributed by atoms with Crippen molar-refractivity contribution in [1.82, 2.24) is 0 Å². The molecule has 0 fully saturated rings. The van der Waals surface area contributed by atoms with Crippen molar-refractivity contribution in [2.45, 2.75) is 39.0 Å². The molecule has 0 aliphatic rings. The Labute approximate surface area is 115 Å². The van der Waals surface area contributed by atoms with Crippen LogP contribution in [0, 0.1) is 0 Å². The average Bonchev–Trinajstić information content (AvgIpc) is 2.43. The molecular formula is C15H25NO3. The Morgan fingerprint density at radius 3 is 2.53 bits per heavy atom. The van der Waals surface area contributed by atoms with E-state index in [2.05, 4.69) is 13.8 Å². The van der Waals surface area contributed by atoms with E-state index in [0.29, 0.717) is 19.8 Å². The topological polar surface area (TPSA) is 53.7 Å². The first kappa shape index (κ1) is 16.0. The predicted molar refractivity (Wildman–Crippen MR) is 76.2 cm³/mol. The van der Waals surface area contributed by atoms with Crippen LogP contribution in [0.5, 0.6) is 5.75 Å². The van der Waals surface area contributed by atoms with Crippen molar-refractivity contribution in [1.29, 1.82) is 0 Å². The fraction of sp³-hybridized carbons (Fsp3) is 0.600. The van der Waals surface area contributed by atoms with E-state index in [9.17, 15) is 0 Å². The maximum absolute atomic E-state index is 5.69. The van der Waals surface area contributed by atoms with Crippen molar-refractivity contribution >= 4 is 0 Å². The van der Waals surface area contributed by atoms with Gasteiger partial charge in [-0.25, -0.2) is 0 Å². The molecule has 0 amide bonds. The summed E-state index contributed by atoms with van der Waals surface area (Å²) in [5.74, 6) is 0.826. The summed E-state index contributed by atoms with van der Waals surface area (Å²) in [6.07, 6.45) is 0.864. The van der Waals surface area contributed by atoms with Crippen LogP contribution in [0.4, 0.5) is 0 Å². The molecule has 1 aromatic rings. The number of nitrogens with two attached hydrogens (primary N) is 1. The molecular weight excluding hydrogens is 242 g/mol. The predicted octanol–water partition coefficient (Wildman–Crippen LogP) is 2.49. The van der Waals surface area contributed by atoms with Gasteiger partial charge in [-0.3, -0.25) is 0 Å². The van der Waals surface area contributed by atoms with Crippen LogP contribution in [0.25, 0.3) is 0 Å². The van der Waals surface area contributed by atoms with E-state index in [4.69, 9.17) is 19.9 Å². The number of methoxy groups -OCH3 is 2. The molecule has 4 heteroatoms. The van der Waals surface area contributed by atoms with Gasteiger partial charge in [0, 0.05) is 25.8 Å². The molecule has 0 atom stereocenters. The van der Waals surface area contributed by atoms with Gasteiger partial charge in [0.25, 0.3) is 0 Å². The first-order valence-electron chi connectivity index (χ1n) is 6.51. The summed E-state index contributed by atoms with van der Waals surface area (Å²) in [6.45, 7) is 5.82. The van der Waals surface area contributed by atoms with Crippen LogP contribution < -0.4 is 10.5 Å². The standard InChI is InChI=1S/C15H25NO3/c1-15(2,18-4)7-8-19-11-12-5-6-14(17-3)13(9-12)10-16/h5-6,9H,7-8,10-11,16H2,1-4H3. The lowest BCUT2D eigenvalue weighted by atomic mass is 10.1. The summed E-state index contributed by atoms with van der Waals surface area (Å²) in [5, 5.41) is 0. The molecule has 1 rings (SSSR count). The third-order valence-electron chi connectivity index (χ3n) is 3.23. The molecule has 0 radical (unpaired) electrons. The lowest BCUT2D eigenvalue weighted by molar-refractivity contribution is -0.0124. The maximum Gasteiger partial charge on any atom is 0.123 e. The second-order valence-corrected chi connectivity index (χ2v) is 5.12. The highest BCUT2D eigenvalue weighted by atomic mass is 16.5. The summed E-state index contributed by atoms with van der Waals surface area (Å²) >= 11 is 0. The molecule has 0 aromatic heterocycles. The Kier molecular flexibility index (Phi) is 6.28. The molecule has 0 bridgehead atoms. The molecule has 0 saturated carbocycles. The van der Waals surface area contributed by atoms with Crippen molar-refractivity contribution in [3.63, 3.8) is 0 Å². The van der Waals surface area contributed by atoms with E-state index < -0.39 is 0 Å². The Morgan fingerprint density at radius 1 is 1.21 bits per heavy atom. The number of hydrogen-bond donors (Lipinski definition) is 1. The van der Waals surface area contributed by atoms with Gasteiger partial charge in [0.2, 0.25) is 0 Å². The minimum Gasteiger partial charge on any atom is -0.496 e. The van der Waals surface area contributed by atoms with Gasteiger partial charge in [0.05, 0.1) is 19.3 Å². The summed E-state index contributed by atoms with van der Waals surface area (Å²) in [6, 6.07) is 5.96. The molecule has 2 N–H and O–H groups in total. The van der Waals surface area contributed by atoms with Gasteiger partial charge in [0.15, 0.2) is 0 Å². The zero-order chi connectivity index (χ0) is 14.3. The Hall–Kier alpha value is -1.10. The molecule has 0 spiro atoms. The minimum atomic E-state index is -0.137. The van der Waals surface area contributed by atoms with Crippen LogP contribution in [0.15, 0.2) is 18.2 Å². The van der Waals surface area contributed by atoms with E-state index >= 15 is 0 Å². The zero-order valence-electron chi connectivity index (χ0n) is 12.4. The van der Waals surface area contributed by atoms with E-state index in [-0.39, 0.29) is 5.60 Å². The molecule has 4 nitrogen and oxygen atoms in total. The van der Waals surface area contributed by atoms with Crippen LogP contribution in [0.3, 0.4) is 0 Å². The lowest BCUT2D eigenvalue weighted by Gasteiger charge is -2.22. The van der Waals surface area contributed by atoms with Crippen molar-refractivity contribution in [3.8, 4) is 5.75 Å². The van der Waals surface area contributed by atoms with Crippen molar-refractivity contribution in [2.24, 2.45) is 5.73 Å². The third kappa shape index (κ3) is 5.19. The second-order valence-electron chi connectivity index (χ2n) is 5.12. The van der Waals surface area contributed by atoms with Gasteiger partial charge >= 0.3 is 0 Å². The molecule has 0 unspecified atom stereocenters. The molecule has 108 valence electrons. The largest absolute Gasteiger partial charge is 0.496 e. The first-order chi connectivity index (χ1) is 9.02. The zero-order valence-corrected chi connectivity index (χ0v) is 12.4. The Morgan fingerprint density at radius 2 is 1.95 bits per heavy atom. The first-order valence-corrected chi connectivity index (χ1v) is 6.51. The van der Waals surface area contributed by atoms with Crippen LogP contribution in [-0.2, 0) is 22.6 Å². The number of ether oxygens (including phenoxy) is 3. The van der Waals surface area contributed by atoms with E-state index in [1.165, 1.54) is 0 Å². The normalized spacial score (nSPS) is 11.6. The summed E-state index contributed by atoms with van der Waals surface area (Å²) in [4.78, 5) is 0. The van der Waals surface area contributed by atoms with Crippen molar-refractivity contribution < 1.29 is 14.2 Å². The maximum atomic E-state index is 5.69. The molecule has 1 aromatic carbocycles. The number of rotatable bonds is 8. The van der Waals surface area contributed by atoms with Gasteiger partial charge in [-0.2, -0.15) is 0 Å². The smallest absolute Gasteiger partial charge is 0.123 e. The summed E-state index contributed by atoms with van der Waals surface area (Å²) in [7, 11) is 3.37. The highest BCUT2D eigenvalue weighted by Gasteiger charge is 2.15. The Balaban J connectivity index is 2.46. The molecule has 0 saturated heterocycles. The van der Waals surface area contributed by atoms with Gasteiger partial charge < -0.3 is 19.9 Å². The van der Waals surface area contributed by atoms with Gasteiger partial charge in [-0.1, -0.05) is 6.07 Å². The van der Waals surface area contributed by atoms with Gasteiger partial charge in [-0.15, -0.1) is 0 Å². The van der Waals surface area contributed by atoms with Crippen LogP contribution in [0.2, 0.25) is 0 Å². The fourth-order valence-corrected chi connectivity index (χ4v) is 1.69. The van der Waals surface area contributed by atoms with E-state index in [0.717, 1.165) is 23.3 Å². The monoisotopic (exact) mass is 267 g/mol. The number of hydrogen-bond acceptors (Lipinski definition) is 4. The van der Waals surface area contributed by atoms with E-state index in [1.807, 2.05) is 18.2 Å². The highest BCUT2D eigenvalue weighted by Crippen LogP contribution is 2.20. The van der Waals surface area contributed by atoms with Crippen LogP contribution >= 0.6 is 0 Å². The molecule has 19 heavy (non-hydrogen) atoms. The van der Waals surface area contributed by atoms with Gasteiger partial charge in [-0.05, 0) is 38.0 Å². The molecule has 0 aliphatic heterocycles. The van der Waals surface area contributed by atoms with Crippen LogP contribution in [0.1, 0.15) is 31.4 Å². The second kappa shape index (κ2) is 7.48. The fourth-order valence-electron chi connectivity index (χ4n) is 1.69. The van der Waals surface area contributed by atoms with Crippen molar-refractivity contribution in [3.05, 3.63) is 29.3 Å². The molecule has 0 aliphatic carbocycles. The Bertz CT molecular complexity index is 391. The lowest BCUT2D eigenvalue weighted by Crippen LogP contribution is -2.24. The highest BCUT2D eigenvalue weighted by molar-refractivity contribution is 5.36. The van der Waals surface area contributed by atoms with Crippen LogP contribution in [-0.4, -0.2) is 26.4 Å². The summed E-state index contributed by atoms with van der Waals surface area (Å²) < 4.78 is 16.3. The average molecular weight is 267 g/mol. The molecule has 0 heterocycles. The number of benzene rings is 1. The van der Waals surface area contributed by atoms with E-state index in [1.54, 1.807) is 14.2 Å². The SMILES string of the molecule is COc1ccc(COCCC(C)(C)OC)cc1CN. The minimum absolute atomic E-state index is 0.137. The third-order valence-corrected chi connectivity index (χ3v) is 3.23. The quantitative estimate of drug-likeness (QED) is 0.735.